The topological polar surface area (TPSA) is 73.3 Å². The molecule has 0 radical (unpaired) electrons. The predicted octanol–water partition coefficient (Wildman–Crippen LogP) is 4.23. The van der Waals surface area contributed by atoms with Crippen LogP contribution in [-0.4, -0.2) is 35.9 Å². The Morgan fingerprint density at radius 3 is 2.33 bits per heavy atom. The molecule has 1 heterocycles. The summed E-state index contributed by atoms with van der Waals surface area (Å²) in [5, 5.41) is 11.3. The maximum atomic E-state index is 12.4. The molecule has 0 aliphatic carbocycles. The van der Waals surface area contributed by atoms with Crippen LogP contribution in [0.2, 0.25) is 0 Å². The van der Waals surface area contributed by atoms with Gasteiger partial charge < -0.3 is 14.8 Å². The number of nitrogens with one attached hydrogen (secondary N) is 1. The molecule has 1 atom stereocenters. The van der Waals surface area contributed by atoms with Gasteiger partial charge in [0.1, 0.15) is 12.4 Å². The van der Waals surface area contributed by atoms with E-state index < -0.39 is 0 Å². The highest BCUT2D eigenvalue weighted by Gasteiger charge is 2.17. The van der Waals surface area contributed by atoms with Crippen molar-refractivity contribution in [1.82, 2.24) is 15.5 Å². The van der Waals surface area contributed by atoms with Crippen molar-refractivity contribution in [3.8, 4) is 22.9 Å². The van der Waals surface area contributed by atoms with Crippen LogP contribution in [0, 0.1) is 0 Å². The lowest BCUT2D eigenvalue weighted by Crippen LogP contribution is -2.32. The summed E-state index contributed by atoms with van der Waals surface area (Å²) in [7, 11) is 0. The van der Waals surface area contributed by atoms with Crippen molar-refractivity contribution in [2.24, 2.45) is 0 Å². The molecule has 0 unspecified atom stereocenters. The van der Waals surface area contributed by atoms with Crippen LogP contribution >= 0.6 is 0 Å². The summed E-state index contributed by atoms with van der Waals surface area (Å²) < 4.78 is 11.1. The molecule has 3 rings (SSSR count). The fraction of sp³-hybridized carbons (Fsp3) is 0.292. The first kappa shape index (κ1) is 21.3. The van der Waals surface area contributed by atoms with Crippen LogP contribution in [0.1, 0.15) is 31.7 Å². The molecule has 0 fully saturated rings. The lowest BCUT2D eigenvalue weighted by atomic mass is 9.96. The summed E-state index contributed by atoms with van der Waals surface area (Å²) in [6.45, 7) is 5.33. The zero-order valence-corrected chi connectivity index (χ0v) is 17.4. The molecule has 0 saturated heterocycles. The third kappa shape index (κ3) is 5.80. The standard InChI is InChI=1S/C24H27N3O3/c1-3-21(18-8-6-5-7-9-18)24(28)25-16-17-30-23-15-14-22(26-27-23)19-10-12-20(13-11-19)29-4-2/h5-15,21H,3-4,16-17H2,1-2H3,(H,25,28)/t21-/m1/s1. The van der Waals surface area contributed by atoms with Crippen LogP contribution < -0.4 is 14.8 Å². The van der Waals surface area contributed by atoms with E-state index in [-0.39, 0.29) is 11.8 Å². The minimum absolute atomic E-state index is 0.00392. The summed E-state index contributed by atoms with van der Waals surface area (Å²) in [6.07, 6.45) is 0.745. The van der Waals surface area contributed by atoms with E-state index in [1.807, 2.05) is 74.5 Å². The predicted molar refractivity (Wildman–Crippen MR) is 117 cm³/mol. The molecule has 1 amide bonds. The number of hydrogen-bond donors (Lipinski definition) is 1. The van der Waals surface area contributed by atoms with Gasteiger partial charge in [0, 0.05) is 11.6 Å². The van der Waals surface area contributed by atoms with Crippen LogP contribution in [0.4, 0.5) is 0 Å². The molecule has 6 nitrogen and oxygen atoms in total. The van der Waals surface area contributed by atoms with E-state index in [9.17, 15) is 4.79 Å². The van der Waals surface area contributed by atoms with Gasteiger partial charge in [0.2, 0.25) is 11.8 Å². The molecule has 6 heteroatoms. The van der Waals surface area contributed by atoms with E-state index in [0.717, 1.165) is 29.0 Å². The van der Waals surface area contributed by atoms with Gasteiger partial charge in [0.05, 0.1) is 24.8 Å². The first-order valence-electron chi connectivity index (χ1n) is 10.2. The first-order valence-corrected chi connectivity index (χ1v) is 10.2. The molecule has 0 aliphatic rings. The molecule has 0 saturated carbocycles. The highest BCUT2D eigenvalue weighted by Crippen LogP contribution is 2.21. The maximum absolute atomic E-state index is 12.4. The molecule has 1 N–H and O–H groups in total. The van der Waals surface area contributed by atoms with Gasteiger partial charge in [-0.05, 0) is 49.2 Å². The van der Waals surface area contributed by atoms with Crippen molar-refractivity contribution in [2.45, 2.75) is 26.2 Å². The molecule has 30 heavy (non-hydrogen) atoms. The van der Waals surface area contributed by atoms with E-state index in [2.05, 4.69) is 15.5 Å². The lowest BCUT2D eigenvalue weighted by molar-refractivity contribution is -0.122. The summed E-state index contributed by atoms with van der Waals surface area (Å²) in [5.41, 5.74) is 2.73. The molecular weight excluding hydrogens is 378 g/mol. The second kappa shape index (κ2) is 11.0. The van der Waals surface area contributed by atoms with E-state index in [4.69, 9.17) is 9.47 Å². The van der Waals surface area contributed by atoms with Crippen molar-refractivity contribution in [3.63, 3.8) is 0 Å². The number of amides is 1. The molecule has 2 aromatic carbocycles. The third-order valence-electron chi connectivity index (χ3n) is 4.68. The van der Waals surface area contributed by atoms with Crippen LogP contribution in [-0.2, 0) is 4.79 Å². The van der Waals surface area contributed by atoms with Crippen molar-refractivity contribution in [3.05, 3.63) is 72.3 Å². The minimum Gasteiger partial charge on any atom is -0.494 e. The fourth-order valence-corrected chi connectivity index (χ4v) is 3.15. The second-order valence-corrected chi connectivity index (χ2v) is 6.73. The summed E-state index contributed by atoms with van der Waals surface area (Å²) in [4.78, 5) is 12.4. The Morgan fingerprint density at radius 1 is 0.933 bits per heavy atom. The Hall–Kier alpha value is -3.41. The lowest BCUT2D eigenvalue weighted by Gasteiger charge is -2.15. The van der Waals surface area contributed by atoms with E-state index in [0.29, 0.717) is 25.6 Å². The van der Waals surface area contributed by atoms with E-state index >= 15 is 0 Å². The summed E-state index contributed by atoms with van der Waals surface area (Å²) >= 11 is 0. The molecule has 1 aromatic heterocycles. The number of carbonyl (C=O) groups excluding carboxylic acids is 1. The number of rotatable bonds is 10. The average molecular weight is 405 g/mol. The Labute approximate surface area is 177 Å². The van der Waals surface area contributed by atoms with Gasteiger partial charge in [-0.15, -0.1) is 10.2 Å². The van der Waals surface area contributed by atoms with Gasteiger partial charge in [-0.2, -0.15) is 0 Å². The Morgan fingerprint density at radius 2 is 1.70 bits per heavy atom. The average Bonchev–Trinajstić information content (AvgIpc) is 2.79. The molecular formula is C24H27N3O3. The zero-order chi connectivity index (χ0) is 21.2. The maximum Gasteiger partial charge on any atom is 0.233 e. The number of ether oxygens (including phenoxy) is 2. The van der Waals surface area contributed by atoms with Crippen molar-refractivity contribution >= 4 is 5.91 Å². The summed E-state index contributed by atoms with van der Waals surface area (Å²) in [5.74, 6) is 1.10. The summed E-state index contributed by atoms with van der Waals surface area (Å²) in [6, 6.07) is 21.2. The zero-order valence-electron chi connectivity index (χ0n) is 17.4. The first-order chi connectivity index (χ1) is 14.7. The Bertz CT molecular complexity index is 913. The van der Waals surface area contributed by atoms with Gasteiger partial charge in [0.25, 0.3) is 0 Å². The number of hydrogen-bond acceptors (Lipinski definition) is 5. The van der Waals surface area contributed by atoms with Gasteiger partial charge in [-0.1, -0.05) is 37.3 Å². The van der Waals surface area contributed by atoms with Gasteiger partial charge in [-0.25, -0.2) is 0 Å². The number of nitrogens with zero attached hydrogens (tertiary/aromatic N) is 2. The van der Waals surface area contributed by atoms with Crippen LogP contribution in [0.15, 0.2) is 66.7 Å². The number of carbonyl (C=O) groups is 1. The smallest absolute Gasteiger partial charge is 0.233 e. The van der Waals surface area contributed by atoms with Gasteiger partial charge >= 0.3 is 0 Å². The van der Waals surface area contributed by atoms with E-state index in [1.165, 1.54) is 0 Å². The fourth-order valence-electron chi connectivity index (χ4n) is 3.15. The van der Waals surface area contributed by atoms with Gasteiger partial charge in [0.15, 0.2) is 0 Å². The molecule has 3 aromatic rings. The second-order valence-electron chi connectivity index (χ2n) is 6.73. The molecule has 0 spiro atoms. The molecule has 0 aliphatic heterocycles. The highest BCUT2D eigenvalue weighted by atomic mass is 16.5. The van der Waals surface area contributed by atoms with E-state index in [1.54, 1.807) is 6.07 Å². The van der Waals surface area contributed by atoms with Crippen LogP contribution in [0.25, 0.3) is 11.3 Å². The quantitative estimate of drug-likeness (QED) is 0.511. The normalized spacial score (nSPS) is 11.5. The SMILES string of the molecule is CCOc1ccc(-c2ccc(OCCNC(=O)[C@H](CC)c3ccccc3)nn2)cc1. The highest BCUT2D eigenvalue weighted by molar-refractivity contribution is 5.83. The van der Waals surface area contributed by atoms with Crippen LogP contribution in [0.5, 0.6) is 11.6 Å². The largest absolute Gasteiger partial charge is 0.494 e. The van der Waals surface area contributed by atoms with Crippen molar-refractivity contribution in [2.75, 3.05) is 19.8 Å². The van der Waals surface area contributed by atoms with Crippen molar-refractivity contribution in [1.29, 1.82) is 0 Å². The third-order valence-corrected chi connectivity index (χ3v) is 4.68. The molecule has 0 bridgehead atoms. The monoisotopic (exact) mass is 405 g/mol. The number of aromatic nitrogens is 2. The Balaban J connectivity index is 1.46. The van der Waals surface area contributed by atoms with Gasteiger partial charge in [-0.3, -0.25) is 4.79 Å². The minimum atomic E-state index is -0.153. The molecule has 156 valence electrons. The van der Waals surface area contributed by atoms with Crippen molar-refractivity contribution < 1.29 is 14.3 Å². The van der Waals surface area contributed by atoms with Crippen LogP contribution in [0.3, 0.4) is 0 Å². The Kier molecular flexibility index (Phi) is 7.78. The number of benzene rings is 2.